The summed E-state index contributed by atoms with van der Waals surface area (Å²) < 4.78 is 11.3. The van der Waals surface area contributed by atoms with Crippen LogP contribution in [0, 0.1) is 6.92 Å². The highest BCUT2D eigenvalue weighted by molar-refractivity contribution is 5.88. The van der Waals surface area contributed by atoms with Crippen LogP contribution in [0.4, 0.5) is 0 Å². The van der Waals surface area contributed by atoms with Crippen LogP contribution >= 0.6 is 0 Å². The first-order valence-electron chi connectivity index (χ1n) is 5.46. The fourth-order valence-corrected chi connectivity index (χ4v) is 1.63. The lowest BCUT2D eigenvalue weighted by Crippen LogP contribution is -2.22. The predicted molar refractivity (Wildman–Crippen MR) is 64.6 cm³/mol. The van der Waals surface area contributed by atoms with E-state index in [1.54, 1.807) is 6.92 Å². The van der Waals surface area contributed by atoms with E-state index in [1.807, 2.05) is 0 Å². The van der Waals surface area contributed by atoms with E-state index in [9.17, 15) is 9.59 Å². The van der Waals surface area contributed by atoms with Gasteiger partial charge >= 0.3 is 5.97 Å². The van der Waals surface area contributed by atoms with E-state index >= 15 is 0 Å². The minimum absolute atomic E-state index is 0.0458. The number of furan rings is 1. The molecule has 2 aromatic heterocycles. The second kappa shape index (κ2) is 4.97. The van der Waals surface area contributed by atoms with Crippen molar-refractivity contribution in [2.75, 3.05) is 7.11 Å². The third-order valence-electron chi connectivity index (χ3n) is 2.56. The first-order valence-corrected chi connectivity index (χ1v) is 5.46. The summed E-state index contributed by atoms with van der Waals surface area (Å²) in [7, 11) is 1.44. The van der Waals surface area contributed by atoms with Crippen molar-refractivity contribution in [1.82, 2.24) is 9.78 Å². The number of rotatable bonds is 4. The lowest BCUT2D eigenvalue weighted by molar-refractivity contribution is 0.0695. The number of carbonyl (C=O) groups is 1. The van der Waals surface area contributed by atoms with Crippen LogP contribution < -0.4 is 10.3 Å². The number of ether oxygens (including phenoxy) is 1. The minimum atomic E-state index is -1.07. The Morgan fingerprint density at radius 2 is 2.26 bits per heavy atom. The number of methoxy groups -OCH3 is 1. The fourth-order valence-electron chi connectivity index (χ4n) is 1.63. The van der Waals surface area contributed by atoms with Gasteiger partial charge in [-0.15, -0.1) is 5.10 Å². The van der Waals surface area contributed by atoms with Crippen LogP contribution in [0.5, 0.6) is 5.88 Å². The summed E-state index contributed by atoms with van der Waals surface area (Å²) in [6.07, 6.45) is 0. The maximum Gasteiger partial charge on any atom is 0.339 e. The van der Waals surface area contributed by atoms with E-state index in [2.05, 4.69) is 5.10 Å². The van der Waals surface area contributed by atoms with Gasteiger partial charge in [-0.25, -0.2) is 9.48 Å². The molecule has 19 heavy (non-hydrogen) atoms. The Balaban J connectivity index is 2.33. The van der Waals surface area contributed by atoms with Crippen LogP contribution in [0.25, 0.3) is 0 Å². The molecule has 0 aromatic carbocycles. The van der Waals surface area contributed by atoms with Gasteiger partial charge in [-0.1, -0.05) is 0 Å². The molecule has 0 aliphatic heterocycles. The van der Waals surface area contributed by atoms with E-state index in [4.69, 9.17) is 14.3 Å². The third kappa shape index (κ3) is 2.65. The number of aromatic carboxylic acids is 1. The van der Waals surface area contributed by atoms with Crippen LogP contribution in [0.2, 0.25) is 0 Å². The Morgan fingerprint density at radius 1 is 1.53 bits per heavy atom. The molecule has 1 N–H and O–H groups in total. The normalized spacial score (nSPS) is 10.4. The van der Waals surface area contributed by atoms with Crippen molar-refractivity contribution in [1.29, 1.82) is 0 Å². The average molecular weight is 264 g/mol. The molecule has 0 aliphatic rings. The van der Waals surface area contributed by atoms with Crippen molar-refractivity contribution in [2.24, 2.45) is 0 Å². The average Bonchev–Trinajstić information content (AvgIpc) is 2.73. The molecule has 0 saturated carbocycles. The van der Waals surface area contributed by atoms with Gasteiger partial charge in [0.2, 0.25) is 5.88 Å². The molecule has 0 unspecified atom stereocenters. The van der Waals surface area contributed by atoms with Gasteiger partial charge in [-0.3, -0.25) is 4.79 Å². The van der Waals surface area contributed by atoms with Crippen LogP contribution in [0.1, 0.15) is 21.9 Å². The highest BCUT2D eigenvalue weighted by atomic mass is 16.5. The van der Waals surface area contributed by atoms with Gasteiger partial charge in [0.05, 0.1) is 7.11 Å². The largest absolute Gasteiger partial charge is 0.480 e. The van der Waals surface area contributed by atoms with Crippen molar-refractivity contribution in [3.05, 3.63) is 45.6 Å². The number of aromatic nitrogens is 2. The second-order valence-corrected chi connectivity index (χ2v) is 3.86. The smallest absolute Gasteiger partial charge is 0.339 e. The van der Waals surface area contributed by atoms with Gasteiger partial charge in [0.15, 0.2) is 0 Å². The topological polar surface area (TPSA) is 94.6 Å². The zero-order valence-electron chi connectivity index (χ0n) is 10.4. The number of hydrogen-bond acceptors (Lipinski definition) is 5. The quantitative estimate of drug-likeness (QED) is 0.881. The van der Waals surface area contributed by atoms with Gasteiger partial charge in [-0.2, -0.15) is 0 Å². The van der Waals surface area contributed by atoms with Gasteiger partial charge in [0, 0.05) is 12.1 Å². The molecular weight excluding hydrogens is 252 g/mol. The summed E-state index contributed by atoms with van der Waals surface area (Å²) in [6, 6.07) is 4.15. The highest BCUT2D eigenvalue weighted by Gasteiger charge is 2.14. The van der Waals surface area contributed by atoms with Crippen LogP contribution in [0.15, 0.2) is 27.4 Å². The summed E-state index contributed by atoms with van der Waals surface area (Å²) in [5.74, 6) is -0.143. The van der Waals surface area contributed by atoms with Gasteiger partial charge in [0.1, 0.15) is 23.6 Å². The first-order chi connectivity index (χ1) is 9.01. The monoisotopic (exact) mass is 264 g/mol. The first kappa shape index (κ1) is 12.9. The van der Waals surface area contributed by atoms with E-state index in [-0.39, 0.29) is 17.7 Å². The molecule has 7 heteroatoms. The lowest BCUT2D eigenvalue weighted by Gasteiger charge is -2.03. The van der Waals surface area contributed by atoms with Gasteiger partial charge in [0.25, 0.3) is 5.56 Å². The van der Waals surface area contributed by atoms with Crippen molar-refractivity contribution in [3.63, 3.8) is 0 Å². The molecule has 0 radical (unpaired) electrons. The molecule has 7 nitrogen and oxygen atoms in total. The van der Waals surface area contributed by atoms with Crippen molar-refractivity contribution >= 4 is 5.97 Å². The van der Waals surface area contributed by atoms with E-state index in [0.717, 1.165) is 4.68 Å². The standard InChI is InChI=1S/C12H12N2O5/c1-7-9(12(16)17)5-8(19-7)6-14-11(15)4-3-10(13-14)18-2/h3-5H,6H2,1-2H3,(H,16,17). The van der Waals surface area contributed by atoms with Crippen molar-refractivity contribution in [2.45, 2.75) is 13.5 Å². The number of hydrogen-bond donors (Lipinski definition) is 1. The molecule has 100 valence electrons. The van der Waals surface area contributed by atoms with Crippen molar-refractivity contribution in [3.8, 4) is 5.88 Å². The minimum Gasteiger partial charge on any atom is -0.480 e. The molecule has 0 atom stereocenters. The lowest BCUT2D eigenvalue weighted by atomic mass is 10.2. The maximum atomic E-state index is 11.6. The second-order valence-electron chi connectivity index (χ2n) is 3.86. The Hall–Kier alpha value is -2.57. The van der Waals surface area contributed by atoms with Crippen LogP contribution in [0.3, 0.4) is 0 Å². The molecule has 0 bridgehead atoms. The van der Waals surface area contributed by atoms with Crippen molar-refractivity contribution < 1.29 is 19.1 Å². The summed E-state index contributed by atoms with van der Waals surface area (Å²) in [4.78, 5) is 22.5. The van der Waals surface area contributed by atoms with Crippen LogP contribution in [-0.2, 0) is 6.54 Å². The Bertz CT molecular complexity index is 671. The molecule has 0 fully saturated rings. The van der Waals surface area contributed by atoms with E-state index in [0.29, 0.717) is 17.4 Å². The Kier molecular flexibility index (Phi) is 3.37. The number of aryl methyl sites for hydroxylation is 1. The zero-order valence-corrected chi connectivity index (χ0v) is 10.4. The maximum absolute atomic E-state index is 11.6. The molecule has 2 rings (SSSR count). The molecular formula is C12H12N2O5. The Morgan fingerprint density at radius 3 is 2.84 bits per heavy atom. The molecule has 0 saturated heterocycles. The predicted octanol–water partition coefficient (Wildman–Crippen LogP) is 0.900. The highest BCUT2D eigenvalue weighted by Crippen LogP contribution is 2.15. The Labute approximate surface area is 108 Å². The van der Waals surface area contributed by atoms with E-state index in [1.165, 1.54) is 25.3 Å². The molecule has 2 heterocycles. The number of nitrogens with zero attached hydrogens (tertiary/aromatic N) is 2. The summed E-state index contributed by atoms with van der Waals surface area (Å²) >= 11 is 0. The SMILES string of the molecule is COc1ccc(=O)n(Cc2cc(C(=O)O)c(C)o2)n1. The summed E-state index contributed by atoms with van der Waals surface area (Å²) in [5, 5.41) is 12.9. The number of carboxylic acids is 1. The zero-order chi connectivity index (χ0) is 14.0. The molecule has 0 amide bonds. The van der Waals surface area contributed by atoms with Gasteiger partial charge in [-0.05, 0) is 13.0 Å². The molecule has 0 spiro atoms. The molecule has 2 aromatic rings. The van der Waals surface area contributed by atoms with Gasteiger partial charge < -0.3 is 14.3 Å². The summed E-state index contributed by atoms with van der Waals surface area (Å²) in [5.41, 5.74) is -0.252. The molecule has 0 aliphatic carbocycles. The van der Waals surface area contributed by atoms with E-state index < -0.39 is 5.97 Å². The fraction of sp³-hybridized carbons (Fsp3) is 0.250. The van der Waals surface area contributed by atoms with Crippen LogP contribution in [-0.4, -0.2) is 28.0 Å². The summed E-state index contributed by atoms with van der Waals surface area (Å²) in [6.45, 7) is 1.60. The third-order valence-corrected chi connectivity index (χ3v) is 2.56. The number of carboxylic acid groups (broad SMARTS) is 1.